The van der Waals surface area contributed by atoms with E-state index >= 15 is 0 Å². The second kappa shape index (κ2) is 5.93. The van der Waals surface area contributed by atoms with Crippen molar-refractivity contribution in [3.8, 4) is 0 Å². The summed E-state index contributed by atoms with van der Waals surface area (Å²) in [7, 11) is -4.40. The van der Waals surface area contributed by atoms with Crippen molar-refractivity contribution < 1.29 is 18.4 Å². The summed E-state index contributed by atoms with van der Waals surface area (Å²) >= 11 is 0. The third-order valence-corrected chi connectivity index (χ3v) is 8.12. The van der Waals surface area contributed by atoms with Gasteiger partial charge in [-0.25, -0.2) is 0 Å². The molecule has 0 aliphatic rings. The monoisotopic (exact) mass is 310 g/mol. The van der Waals surface area contributed by atoms with Crippen LogP contribution in [0.5, 0.6) is 0 Å². The first kappa shape index (κ1) is 16.6. The van der Waals surface area contributed by atoms with Gasteiger partial charge in [-0.2, -0.15) is 0 Å². The van der Waals surface area contributed by atoms with Crippen LogP contribution in [0, 0.1) is 0 Å². The Kier molecular flexibility index (Phi) is 4.93. The highest BCUT2D eigenvalue weighted by Crippen LogP contribution is 2.08. The van der Waals surface area contributed by atoms with Crippen LogP contribution in [0.3, 0.4) is 0 Å². The third-order valence-electron chi connectivity index (χ3n) is 3.07. The SMILES string of the molecule is CC(=O)O[Si](C)(C)c1ccc([Si](C)(C)OC(C)=O)cc1. The molecule has 0 spiro atoms. The first-order chi connectivity index (χ1) is 9.04. The van der Waals surface area contributed by atoms with Crippen LogP contribution >= 0.6 is 0 Å². The fraction of sp³-hybridized carbons (Fsp3) is 0.429. The van der Waals surface area contributed by atoms with E-state index in [1.807, 2.05) is 50.5 Å². The fourth-order valence-electron chi connectivity index (χ4n) is 2.11. The maximum atomic E-state index is 11.1. The maximum Gasteiger partial charge on any atom is 0.289 e. The Morgan fingerprint density at radius 2 is 1.00 bits per heavy atom. The highest BCUT2D eigenvalue weighted by atomic mass is 28.4. The average Bonchev–Trinajstić information content (AvgIpc) is 2.25. The molecule has 6 heteroatoms. The zero-order chi connectivity index (χ0) is 15.6. The summed E-state index contributed by atoms with van der Waals surface area (Å²) in [5.74, 6) is -0.499. The second-order valence-corrected chi connectivity index (χ2v) is 13.4. The van der Waals surface area contributed by atoms with Crippen molar-refractivity contribution in [2.75, 3.05) is 0 Å². The molecule has 0 atom stereocenters. The normalized spacial score (nSPS) is 11.9. The van der Waals surface area contributed by atoms with Crippen LogP contribution in [0.25, 0.3) is 0 Å². The molecule has 1 rings (SSSR count). The Morgan fingerprint density at radius 1 is 0.750 bits per heavy atom. The van der Waals surface area contributed by atoms with Crippen LogP contribution in [-0.4, -0.2) is 28.6 Å². The summed E-state index contributed by atoms with van der Waals surface area (Å²) in [6, 6.07) is 7.90. The van der Waals surface area contributed by atoms with E-state index in [1.165, 1.54) is 13.8 Å². The van der Waals surface area contributed by atoms with E-state index < -0.39 is 16.6 Å². The largest absolute Gasteiger partial charge is 0.515 e. The number of carbonyl (C=O) groups excluding carboxylic acids is 2. The molecule has 0 heterocycles. The summed E-state index contributed by atoms with van der Waals surface area (Å²) in [6.07, 6.45) is 0. The van der Waals surface area contributed by atoms with Gasteiger partial charge in [0.25, 0.3) is 28.6 Å². The molecule has 0 amide bonds. The fourth-order valence-corrected chi connectivity index (χ4v) is 5.72. The summed E-state index contributed by atoms with van der Waals surface area (Å²) in [4.78, 5) is 22.3. The molecule has 0 N–H and O–H groups in total. The molecule has 1 aromatic rings. The van der Waals surface area contributed by atoms with Gasteiger partial charge < -0.3 is 8.85 Å². The van der Waals surface area contributed by atoms with Gasteiger partial charge >= 0.3 is 0 Å². The molecule has 0 aromatic heterocycles. The number of hydrogen-bond acceptors (Lipinski definition) is 4. The molecule has 110 valence electrons. The molecular formula is C14H22O4Si2. The molecule has 0 saturated heterocycles. The predicted molar refractivity (Wildman–Crippen MR) is 84.2 cm³/mol. The van der Waals surface area contributed by atoms with Crippen molar-refractivity contribution in [2.45, 2.75) is 40.0 Å². The van der Waals surface area contributed by atoms with Crippen LogP contribution in [0.1, 0.15) is 13.8 Å². The van der Waals surface area contributed by atoms with Gasteiger partial charge in [0.2, 0.25) is 0 Å². The van der Waals surface area contributed by atoms with Gasteiger partial charge in [-0.15, -0.1) is 0 Å². The van der Waals surface area contributed by atoms with Gasteiger partial charge in [0.15, 0.2) is 0 Å². The van der Waals surface area contributed by atoms with Crippen LogP contribution < -0.4 is 10.4 Å². The Bertz CT molecular complexity index is 459. The number of carbonyl (C=O) groups is 2. The van der Waals surface area contributed by atoms with Crippen molar-refractivity contribution in [3.05, 3.63) is 24.3 Å². The molecule has 0 bridgehead atoms. The lowest BCUT2D eigenvalue weighted by Crippen LogP contribution is -2.49. The molecule has 0 saturated carbocycles. The predicted octanol–water partition coefficient (Wildman–Crippen LogP) is 1.64. The first-order valence-corrected chi connectivity index (χ1v) is 12.4. The molecular weight excluding hydrogens is 288 g/mol. The molecule has 0 aliphatic heterocycles. The Balaban J connectivity index is 2.99. The van der Waals surface area contributed by atoms with Crippen molar-refractivity contribution in [3.63, 3.8) is 0 Å². The van der Waals surface area contributed by atoms with E-state index in [2.05, 4.69) is 0 Å². The minimum absolute atomic E-state index is 0.250. The van der Waals surface area contributed by atoms with Crippen LogP contribution in [0.15, 0.2) is 24.3 Å². The molecule has 0 radical (unpaired) electrons. The van der Waals surface area contributed by atoms with Crippen molar-refractivity contribution >= 4 is 38.9 Å². The zero-order valence-corrected chi connectivity index (χ0v) is 14.9. The van der Waals surface area contributed by atoms with Gasteiger partial charge in [-0.05, 0) is 36.6 Å². The van der Waals surface area contributed by atoms with E-state index in [4.69, 9.17) is 8.85 Å². The Labute approximate surface area is 122 Å². The lowest BCUT2D eigenvalue weighted by molar-refractivity contribution is -0.133. The quantitative estimate of drug-likeness (QED) is 0.793. The minimum atomic E-state index is -2.20. The first-order valence-electron chi connectivity index (χ1n) is 6.55. The van der Waals surface area contributed by atoms with Crippen LogP contribution in [0.2, 0.25) is 26.2 Å². The molecule has 1 aromatic carbocycles. The molecule has 0 aliphatic carbocycles. The lowest BCUT2D eigenvalue weighted by Gasteiger charge is -2.25. The van der Waals surface area contributed by atoms with Gasteiger partial charge in [0.1, 0.15) is 0 Å². The summed E-state index contributed by atoms with van der Waals surface area (Å²) in [5.41, 5.74) is 0. The summed E-state index contributed by atoms with van der Waals surface area (Å²) in [5, 5.41) is 2.09. The highest BCUT2D eigenvalue weighted by Gasteiger charge is 2.31. The Hall–Kier alpha value is -1.41. The smallest absolute Gasteiger partial charge is 0.289 e. The summed E-state index contributed by atoms with van der Waals surface area (Å²) in [6.45, 7) is 10.8. The van der Waals surface area contributed by atoms with Gasteiger partial charge in [0, 0.05) is 13.8 Å². The second-order valence-electron chi connectivity index (χ2n) is 5.79. The zero-order valence-electron chi connectivity index (χ0n) is 12.9. The molecule has 20 heavy (non-hydrogen) atoms. The standard InChI is InChI=1S/C14H22O4Si2/c1-11(15)17-19(3,4)13-7-9-14(10-8-13)20(5,6)18-12(2)16/h7-10H,1-6H3. The van der Waals surface area contributed by atoms with E-state index in [0.29, 0.717) is 0 Å². The number of rotatable bonds is 4. The van der Waals surface area contributed by atoms with Crippen LogP contribution in [0.4, 0.5) is 0 Å². The summed E-state index contributed by atoms with van der Waals surface area (Å²) < 4.78 is 10.9. The van der Waals surface area contributed by atoms with Crippen molar-refractivity contribution in [2.24, 2.45) is 0 Å². The van der Waals surface area contributed by atoms with Gasteiger partial charge in [-0.1, -0.05) is 24.3 Å². The van der Waals surface area contributed by atoms with E-state index in [9.17, 15) is 9.59 Å². The highest BCUT2D eigenvalue weighted by molar-refractivity contribution is 6.87. The third kappa shape index (κ3) is 4.31. The van der Waals surface area contributed by atoms with Crippen LogP contribution in [-0.2, 0) is 18.4 Å². The maximum absolute atomic E-state index is 11.1. The average molecular weight is 310 g/mol. The number of hydrogen-bond donors (Lipinski definition) is 0. The van der Waals surface area contributed by atoms with E-state index in [1.54, 1.807) is 0 Å². The minimum Gasteiger partial charge on any atom is -0.515 e. The van der Waals surface area contributed by atoms with E-state index in [-0.39, 0.29) is 11.9 Å². The van der Waals surface area contributed by atoms with E-state index in [0.717, 1.165) is 10.4 Å². The van der Waals surface area contributed by atoms with Gasteiger partial charge in [-0.3, -0.25) is 9.59 Å². The molecule has 0 fully saturated rings. The molecule has 0 unspecified atom stereocenters. The van der Waals surface area contributed by atoms with Gasteiger partial charge in [0.05, 0.1) is 0 Å². The Morgan fingerprint density at radius 3 is 1.20 bits per heavy atom. The van der Waals surface area contributed by atoms with Crippen molar-refractivity contribution in [1.29, 1.82) is 0 Å². The molecule has 4 nitrogen and oxygen atoms in total. The van der Waals surface area contributed by atoms with Crippen molar-refractivity contribution in [1.82, 2.24) is 0 Å². The lowest BCUT2D eigenvalue weighted by atomic mass is 10.4. The number of benzene rings is 1. The topological polar surface area (TPSA) is 52.6 Å².